The van der Waals surface area contributed by atoms with Gasteiger partial charge >= 0.3 is 12.4 Å². The lowest BCUT2D eigenvalue weighted by atomic mass is 10.0. The molecule has 0 aliphatic carbocycles. The number of anilines is 1. The highest BCUT2D eigenvalue weighted by Gasteiger charge is 2.68. The van der Waals surface area contributed by atoms with Crippen molar-refractivity contribution in [3.8, 4) is 0 Å². The summed E-state index contributed by atoms with van der Waals surface area (Å²) in [5.41, 5.74) is 1.90. The lowest BCUT2D eigenvalue weighted by Crippen LogP contribution is -2.64. The van der Waals surface area contributed by atoms with Gasteiger partial charge < -0.3 is 5.32 Å². The van der Waals surface area contributed by atoms with Crippen LogP contribution in [0.3, 0.4) is 0 Å². The van der Waals surface area contributed by atoms with Crippen molar-refractivity contribution in [2.24, 2.45) is 0 Å². The fraction of sp³-hybridized carbons (Fsp3) is 0.385. The van der Waals surface area contributed by atoms with Crippen molar-refractivity contribution in [2.75, 3.05) is 5.43 Å². The lowest BCUT2D eigenvalue weighted by Gasteiger charge is -2.36. The van der Waals surface area contributed by atoms with Crippen LogP contribution in [0.5, 0.6) is 0 Å². The molecule has 0 unspecified atom stereocenters. The minimum absolute atomic E-state index is 0.00569. The maximum Gasteiger partial charge on any atom is 0.420 e. The Hall–Kier alpha value is -2.06. The minimum Gasteiger partial charge on any atom is -0.350 e. The predicted molar refractivity (Wildman–Crippen MR) is 70.7 cm³/mol. The molecule has 0 spiro atoms. The van der Waals surface area contributed by atoms with E-state index < -0.39 is 23.7 Å². The van der Waals surface area contributed by atoms with Crippen LogP contribution >= 0.6 is 0 Å². The number of benzene rings is 1. The second-order valence-electron chi connectivity index (χ2n) is 4.84. The molecule has 1 aromatic rings. The maximum absolute atomic E-state index is 12.7. The Bertz CT molecular complexity index is 504. The fourth-order valence-electron chi connectivity index (χ4n) is 1.42. The summed E-state index contributed by atoms with van der Waals surface area (Å²) in [7, 11) is 0. The smallest absolute Gasteiger partial charge is 0.350 e. The zero-order valence-corrected chi connectivity index (χ0v) is 11.8. The van der Waals surface area contributed by atoms with Crippen LogP contribution in [0.1, 0.15) is 12.5 Å². The van der Waals surface area contributed by atoms with E-state index >= 15 is 0 Å². The SMILES string of the molecule is C=C(NNc1ccc(C)cc1)NC(C)(C(F)(F)F)C(F)(F)F. The van der Waals surface area contributed by atoms with E-state index in [2.05, 4.69) is 17.4 Å². The van der Waals surface area contributed by atoms with Crippen LogP contribution in [-0.4, -0.2) is 17.9 Å². The molecule has 9 heteroatoms. The van der Waals surface area contributed by atoms with Gasteiger partial charge in [-0.3, -0.25) is 10.9 Å². The Balaban J connectivity index is 2.75. The van der Waals surface area contributed by atoms with Crippen molar-refractivity contribution in [1.82, 2.24) is 10.7 Å². The van der Waals surface area contributed by atoms with Gasteiger partial charge in [0.05, 0.1) is 5.69 Å². The molecule has 0 aliphatic rings. The highest BCUT2D eigenvalue weighted by Crippen LogP contribution is 2.42. The van der Waals surface area contributed by atoms with Crippen LogP contribution in [0.4, 0.5) is 32.0 Å². The standard InChI is InChI=1S/C13H15F6N3/c1-8-4-6-10(7-5-8)22-21-9(2)20-11(3,12(14,15)16)13(17,18)19/h4-7,20-22H,2H2,1,3H3. The molecule has 0 aliphatic heterocycles. The van der Waals surface area contributed by atoms with Gasteiger partial charge in [0.25, 0.3) is 0 Å². The number of hydrogen-bond acceptors (Lipinski definition) is 3. The third kappa shape index (κ3) is 3.99. The van der Waals surface area contributed by atoms with E-state index in [4.69, 9.17) is 0 Å². The van der Waals surface area contributed by atoms with Crippen molar-refractivity contribution in [2.45, 2.75) is 31.7 Å². The van der Waals surface area contributed by atoms with Crippen LogP contribution < -0.4 is 16.2 Å². The van der Waals surface area contributed by atoms with E-state index in [-0.39, 0.29) is 6.92 Å². The number of hydrogen-bond donors (Lipinski definition) is 3. The highest BCUT2D eigenvalue weighted by atomic mass is 19.4. The van der Waals surface area contributed by atoms with Gasteiger partial charge in [-0.1, -0.05) is 24.3 Å². The molecule has 0 saturated carbocycles. The molecule has 1 aromatic carbocycles. The molecular formula is C13H15F6N3. The van der Waals surface area contributed by atoms with Crippen LogP contribution in [0.2, 0.25) is 0 Å². The summed E-state index contributed by atoms with van der Waals surface area (Å²) >= 11 is 0. The second-order valence-corrected chi connectivity index (χ2v) is 4.84. The topological polar surface area (TPSA) is 36.1 Å². The molecule has 0 bridgehead atoms. The van der Waals surface area contributed by atoms with E-state index in [0.717, 1.165) is 5.56 Å². The predicted octanol–water partition coefficient (Wildman–Crippen LogP) is 3.86. The van der Waals surface area contributed by atoms with Gasteiger partial charge in [-0.15, -0.1) is 0 Å². The molecule has 0 atom stereocenters. The lowest BCUT2D eigenvalue weighted by molar-refractivity contribution is -0.299. The summed E-state index contributed by atoms with van der Waals surface area (Å²) in [6.45, 7) is 4.95. The Morgan fingerprint density at radius 2 is 1.41 bits per heavy atom. The van der Waals surface area contributed by atoms with E-state index in [1.165, 1.54) is 5.32 Å². The summed E-state index contributed by atoms with van der Waals surface area (Å²) in [6.07, 6.45) is -11.1. The van der Waals surface area contributed by atoms with Crippen molar-refractivity contribution < 1.29 is 26.3 Å². The quantitative estimate of drug-likeness (QED) is 0.568. The zero-order valence-electron chi connectivity index (χ0n) is 11.8. The number of aryl methyl sites for hydroxylation is 1. The molecular weight excluding hydrogens is 312 g/mol. The van der Waals surface area contributed by atoms with Gasteiger partial charge in [0.15, 0.2) is 0 Å². The molecule has 0 saturated heterocycles. The molecule has 3 nitrogen and oxygen atoms in total. The highest BCUT2D eigenvalue weighted by molar-refractivity contribution is 5.43. The van der Waals surface area contributed by atoms with Crippen molar-refractivity contribution in [3.05, 3.63) is 42.2 Å². The largest absolute Gasteiger partial charge is 0.420 e. The molecule has 0 heterocycles. The number of halogens is 6. The molecule has 0 fully saturated rings. The number of rotatable bonds is 5. The Kier molecular flexibility index (Phi) is 4.89. The minimum atomic E-state index is -5.54. The number of alkyl halides is 6. The van der Waals surface area contributed by atoms with E-state index in [1.807, 2.05) is 6.92 Å². The molecule has 22 heavy (non-hydrogen) atoms. The molecule has 124 valence electrons. The Labute approximate surface area is 123 Å². The molecule has 1 rings (SSSR count). The summed E-state index contributed by atoms with van der Waals surface area (Å²) < 4.78 is 76.2. The fourth-order valence-corrected chi connectivity index (χ4v) is 1.42. The average molecular weight is 327 g/mol. The summed E-state index contributed by atoms with van der Waals surface area (Å²) in [4.78, 5) is 0. The average Bonchev–Trinajstić information content (AvgIpc) is 2.35. The van der Waals surface area contributed by atoms with Crippen molar-refractivity contribution >= 4 is 5.69 Å². The van der Waals surface area contributed by atoms with Gasteiger partial charge in [-0.25, -0.2) is 0 Å². The molecule has 3 N–H and O–H groups in total. The van der Waals surface area contributed by atoms with Gasteiger partial charge in [-0.05, 0) is 26.0 Å². The Morgan fingerprint density at radius 1 is 0.955 bits per heavy atom. The first-order valence-corrected chi connectivity index (χ1v) is 6.06. The Morgan fingerprint density at radius 3 is 1.82 bits per heavy atom. The number of hydrazine groups is 1. The third-order valence-corrected chi connectivity index (χ3v) is 2.94. The van der Waals surface area contributed by atoms with E-state index in [1.54, 1.807) is 24.3 Å². The van der Waals surface area contributed by atoms with Crippen molar-refractivity contribution in [1.29, 1.82) is 0 Å². The summed E-state index contributed by atoms with van der Waals surface area (Å²) in [6, 6.07) is 6.64. The van der Waals surface area contributed by atoms with Gasteiger partial charge in [-0.2, -0.15) is 26.3 Å². The first kappa shape index (κ1) is 18.0. The molecule has 0 amide bonds. The van der Waals surface area contributed by atoms with Gasteiger partial charge in [0.1, 0.15) is 5.82 Å². The van der Waals surface area contributed by atoms with E-state index in [9.17, 15) is 26.3 Å². The zero-order chi connectivity index (χ0) is 17.2. The van der Waals surface area contributed by atoms with Gasteiger partial charge in [0, 0.05) is 0 Å². The number of nitrogens with one attached hydrogen (secondary N) is 3. The molecule has 0 radical (unpaired) electrons. The van der Waals surface area contributed by atoms with Crippen LogP contribution in [0, 0.1) is 6.92 Å². The summed E-state index contributed by atoms with van der Waals surface area (Å²) in [5.74, 6) is -0.669. The third-order valence-electron chi connectivity index (χ3n) is 2.94. The monoisotopic (exact) mass is 327 g/mol. The van der Waals surface area contributed by atoms with Crippen LogP contribution in [0.25, 0.3) is 0 Å². The van der Waals surface area contributed by atoms with Gasteiger partial charge in [0.2, 0.25) is 5.54 Å². The normalized spacial score (nSPS) is 12.7. The maximum atomic E-state index is 12.7. The van der Waals surface area contributed by atoms with Crippen LogP contribution in [0.15, 0.2) is 36.7 Å². The van der Waals surface area contributed by atoms with Crippen molar-refractivity contribution in [3.63, 3.8) is 0 Å². The molecule has 0 aromatic heterocycles. The van der Waals surface area contributed by atoms with Crippen LogP contribution in [-0.2, 0) is 0 Å². The van der Waals surface area contributed by atoms with E-state index in [0.29, 0.717) is 5.69 Å². The first-order valence-electron chi connectivity index (χ1n) is 6.06. The first-order chi connectivity index (χ1) is 9.87. The second kappa shape index (κ2) is 5.98. The summed E-state index contributed by atoms with van der Waals surface area (Å²) in [5, 5.41) is 1.34.